The zero-order chi connectivity index (χ0) is 22.1. The highest BCUT2D eigenvalue weighted by Crippen LogP contribution is 2.36. The first-order valence-electron chi connectivity index (χ1n) is 10.7. The quantitative estimate of drug-likeness (QED) is 0.603. The molecular formula is C24H28N4O3. The van der Waals surface area contributed by atoms with Gasteiger partial charge in [-0.1, -0.05) is 25.1 Å². The van der Waals surface area contributed by atoms with Crippen LogP contribution in [0.2, 0.25) is 0 Å². The summed E-state index contributed by atoms with van der Waals surface area (Å²) in [6.45, 7) is 5.84. The van der Waals surface area contributed by atoms with Gasteiger partial charge in [0.15, 0.2) is 11.4 Å². The lowest BCUT2D eigenvalue weighted by Crippen LogP contribution is -2.28. The highest BCUT2D eigenvalue weighted by molar-refractivity contribution is 6.07. The van der Waals surface area contributed by atoms with Crippen molar-refractivity contribution in [2.45, 2.75) is 52.2 Å². The fourth-order valence-corrected chi connectivity index (χ4v) is 3.60. The lowest BCUT2D eigenvalue weighted by Gasteiger charge is -2.13. The Balaban J connectivity index is 1.81. The van der Waals surface area contributed by atoms with Crippen LogP contribution in [0.25, 0.3) is 11.0 Å². The summed E-state index contributed by atoms with van der Waals surface area (Å²) in [6, 6.07) is 11.2. The maximum absolute atomic E-state index is 13.0. The molecule has 162 valence electrons. The molecule has 2 heterocycles. The molecule has 1 aliphatic carbocycles. The van der Waals surface area contributed by atoms with Crippen molar-refractivity contribution in [3.63, 3.8) is 0 Å². The first kappa shape index (κ1) is 20.9. The zero-order valence-corrected chi connectivity index (χ0v) is 18.4. The summed E-state index contributed by atoms with van der Waals surface area (Å²) in [5.74, 6) is 0.132. The molecule has 3 aromatic rings. The monoisotopic (exact) mass is 420 g/mol. The molecule has 0 saturated heterocycles. The number of carbonyl (C=O) groups is 2. The Morgan fingerprint density at radius 3 is 2.52 bits per heavy atom. The van der Waals surface area contributed by atoms with Gasteiger partial charge in [-0.25, -0.2) is 4.98 Å². The second-order valence-corrected chi connectivity index (χ2v) is 8.18. The SMILES string of the molecule is CCc1nc2c(cc1NC(=O)c1ccccc1)c(OC(C)C)c(C(=O)NC1CC1)n2C. The summed E-state index contributed by atoms with van der Waals surface area (Å²) in [5.41, 5.74) is 3.06. The Hall–Kier alpha value is -3.35. The van der Waals surface area contributed by atoms with Crippen molar-refractivity contribution in [3.8, 4) is 5.75 Å². The Bertz CT molecular complexity index is 1130. The zero-order valence-electron chi connectivity index (χ0n) is 18.4. The molecule has 0 aliphatic heterocycles. The number of fused-ring (bicyclic) bond motifs is 1. The van der Waals surface area contributed by atoms with Gasteiger partial charge in [-0.3, -0.25) is 9.59 Å². The van der Waals surface area contributed by atoms with Gasteiger partial charge in [0.1, 0.15) is 5.65 Å². The third-order valence-electron chi connectivity index (χ3n) is 5.29. The van der Waals surface area contributed by atoms with Crippen LogP contribution in [-0.4, -0.2) is 33.5 Å². The molecule has 0 unspecified atom stereocenters. The molecule has 0 atom stereocenters. The lowest BCUT2D eigenvalue weighted by molar-refractivity contribution is 0.0936. The minimum atomic E-state index is -0.203. The van der Waals surface area contributed by atoms with Crippen LogP contribution in [0.5, 0.6) is 5.75 Å². The van der Waals surface area contributed by atoms with Gasteiger partial charge in [0.25, 0.3) is 11.8 Å². The van der Waals surface area contributed by atoms with Crippen LogP contribution in [0.3, 0.4) is 0 Å². The van der Waals surface area contributed by atoms with E-state index in [1.54, 1.807) is 16.7 Å². The summed E-state index contributed by atoms with van der Waals surface area (Å²) in [4.78, 5) is 30.5. The number of pyridine rings is 1. The maximum Gasteiger partial charge on any atom is 0.272 e. The Labute approximate surface area is 181 Å². The molecule has 2 aromatic heterocycles. The van der Waals surface area contributed by atoms with Crippen molar-refractivity contribution in [1.82, 2.24) is 14.9 Å². The van der Waals surface area contributed by atoms with Gasteiger partial charge in [-0.15, -0.1) is 0 Å². The minimum Gasteiger partial charge on any atom is -0.488 e. The number of hydrogen-bond donors (Lipinski definition) is 2. The van der Waals surface area contributed by atoms with E-state index in [2.05, 4.69) is 10.6 Å². The molecule has 0 spiro atoms. The van der Waals surface area contributed by atoms with Crippen LogP contribution in [0.4, 0.5) is 5.69 Å². The van der Waals surface area contributed by atoms with Crippen LogP contribution < -0.4 is 15.4 Å². The molecule has 31 heavy (non-hydrogen) atoms. The summed E-state index contributed by atoms with van der Waals surface area (Å²) in [7, 11) is 1.83. The summed E-state index contributed by atoms with van der Waals surface area (Å²) < 4.78 is 7.87. The van der Waals surface area contributed by atoms with Crippen LogP contribution in [0, 0.1) is 0 Å². The number of nitrogens with one attached hydrogen (secondary N) is 2. The first-order valence-corrected chi connectivity index (χ1v) is 10.7. The molecule has 1 aliphatic rings. The third-order valence-corrected chi connectivity index (χ3v) is 5.29. The lowest BCUT2D eigenvalue weighted by atomic mass is 10.1. The van der Waals surface area contributed by atoms with E-state index < -0.39 is 0 Å². The highest BCUT2D eigenvalue weighted by atomic mass is 16.5. The minimum absolute atomic E-state index is 0.119. The molecule has 1 fully saturated rings. The van der Waals surface area contributed by atoms with E-state index in [4.69, 9.17) is 9.72 Å². The van der Waals surface area contributed by atoms with E-state index in [0.29, 0.717) is 40.1 Å². The molecule has 0 bridgehead atoms. The number of nitrogens with zero attached hydrogens (tertiary/aromatic N) is 2. The molecule has 4 rings (SSSR count). The van der Waals surface area contributed by atoms with Crippen molar-refractivity contribution < 1.29 is 14.3 Å². The molecular weight excluding hydrogens is 392 g/mol. The second kappa shape index (κ2) is 8.41. The molecule has 7 heteroatoms. The van der Waals surface area contributed by atoms with E-state index in [0.717, 1.165) is 18.5 Å². The predicted molar refractivity (Wildman–Crippen MR) is 121 cm³/mol. The van der Waals surface area contributed by atoms with Gasteiger partial charge in [0.2, 0.25) is 0 Å². The van der Waals surface area contributed by atoms with E-state index in [-0.39, 0.29) is 24.0 Å². The van der Waals surface area contributed by atoms with Gasteiger partial charge >= 0.3 is 0 Å². The number of carbonyl (C=O) groups excluding carboxylic acids is 2. The highest BCUT2D eigenvalue weighted by Gasteiger charge is 2.30. The van der Waals surface area contributed by atoms with Gasteiger partial charge < -0.3 is 19.9 Å². The Morgan fingerprint density at radius 1 is 1.19 bits per heavy atom. The van der Waals surface area contributed by atoms with Crippen LogP contribution >= 0.6 is 0 Å². The van der Waals surface area contributed by atoms with E-state index in [1.807, 2.05) is 52.1 Å². The van der Waals surface area contributed by atoms with Crippen molar-refractivity contribution in [2.75, 3.05) is 5.32 Å². The molecule has 1 saturated carbocycles. The molecule has 2 amide bonds. The summed E-state index contributed by atoms with van der Waals surface area (Å²) in [5, 5.41) is 6.74. The number of aryl methyl sites for hydroxylation is 2. The predicted octanol–water partition coefficient (Wildman–Crippen LogP) is 4.07. The molecule has 1 aromatic carbocycles. The smallest absolute Gasteiger partial charge is 0.272 e. The molecule has 2 N–H and O–H groups in total. The number of rotatable bonds is 7. The third kappa shape index (κ3) is 4.26. The van der Waals surface area contributed by atoms with Crippen LogP contribution in [0.15, 0.2) is 36.4 Å². The topological polar surface area (TPSA) is 85.2 Å². The number of benzene rings is 1. The standard InChI is InChI=1S/C24H28N4O3/c1-5-18-19(27-23(29)15-9-7-6-8-10-15)13-17-21(31-14(2)3)20(28(4)22(17)26-18)24(30)25-16-11-12-16/h6-10,13-14,16H,5,11-12H2,1-4H3,(H,25,30)(H,27,29). The number of hydrogen-bond acceptors (Lipinski definition) is 4. The first-order chi connectivity index (χ1) is 14.9. The largest absolute Gasteiger partial charge is 0.488 e. The molecule has 7 nitrogen and oxygen atoms in total. The van der Waals surface area contributed by atoms with Gasteiger partial charge in [0, 0.05) is 18.7 Å². The normalized spacial score (nSPS) is 13.5. The second-order valence-electron chi connectivity index (χ2n) is 8.18. The number of aromatic nitrogens is 2. The van der Waals surface area contributed by atoms with Crippen LogP contribution in [-0.2, 0) is 13.5 Å². The van der Waals surface area contributed by atoms with Gasteiger partial charge in [-0.2, -0.15) is 0 Å². The number of amides is 2. The van der Waals surface area contributed by atoms with Crippen molar-refractivity contribution >= 4 is 28.5 Å². The van der Waals surface area contributed by atoms with E-state index >= 15 is 0 Å². The fraction of sp³-hybridized carbons (Fsp3) is 0.375. The van der Waals surface area contributed by atoms with Gasteiger partial charge in [-0.05, 0) is 51.3 Å². The van der Waals surface area contributed by atoms with E-state index in [9.17, 15) is 9.59 Å². The van der Waals surface area contributed by atoms with Crippen molar-refractivity contribution in [3.05, 3.63) is 53.3 Å². The van der Waals surface area contributed by atoms with Crippen LogP contribution in [0.1, 0.15) is 60.2 Å². The van der Waals surface area contributed by atoms with E-state index in [1.165, 1.54) is 0 Å². The maximum atomic E-state index is 13.0. The summed E-state index contributed by atoms with van der Waals surface area (Å²) in [6.07, 6.45) is 2.52. The van der Waals surface area contributed by atoms with Crippen molar-refractivity contribution in [1.29, 1.82) is 0 Å². The van der Waals surface area contributed by atoms with Gasteiger partial charge in [0.05, 0.1) is 22.9 Å². The number of ether oxygens (including phenoxy) is 1. The molecule has 0 radical (unpaired) electrons. The van der Waals surface area contributed by atoms with Crippen molar-refractivity contribution in [2.24, 2.45) is 7.05 Å². The fourth-order valence-electron chi connectivity index (χ4n) is 3.60. The Morgan fingerprint density at radius 2 is 1.90 bits per heavy atom. The average molecular weight is 421 g/mol. The number of anilines is 1. The average Bonchev–Trinajstić information content (AvgIpc) is 3.52. The summed E-state index contributed by atoms with van der Waals surface area (Å²) >= 11 is 0. The Kier molecular flexibility index (Phi) is 5.67.